The van der Waals surface area contributed by atoms with Crippen LogP contribution < -0.4 is 5.32 Å². The van der Waals surface area contributed by atoms with Gasteiger partial charge in [-0.2, -0.15) is 0 Å². The van der Waals surface area contributed by atoms with Crippen LogP contribution in [0.3, 0.4) is 0 Å². The SMILES string of the molecule is CCCNC(Cc1cc(Cl)ccc1Cl)CC(C)(C)OC. The summed E-state index contributed by atoms with van der Waals surface area (Å²) in [5.41, 5.74) is 0.927. The summed E-state index contributed by atoms with van der Waals surface area (Å²) in [4.78, 5) is 0. The monoisotopic (exact) mass is 317 g/mol. The molecule has 0 saturated carbocycles. The quantitative estimate of drug-likeness (QED) is 0.749. The summed E-state index contributed by atoms with van der Waals surface area (Å²) in [6, 6.07) is 5.95. The summed E-state index contributed by atoms with van der Waals surface area (Å²) in [5.74, 6) is 0. The predicted molar refractivity (Wildman–Crippen MR) is 88.0 cm³/mol. The van der Waals surface area contributed by atoms with Crippen LogP contribution in [0.5, 0.6) is 0 Å². The number of nitrogens with one attached hydrogen (secondary N) is 1. The van der Waals surface area contributed by atoms with E-state index in [1.807, 2.05) is 18.2 Å². The second-order valence-corrected chi connectivity index (χ2v) is 6.60. The van der Waals surface area contributed by atoms with Gasteiger partial charge >= 0.3 is 0 Å². The Kier molecular flexibility index (Phi) is 7.32. The van der Waals surface area contributed by atoms with Crippen LogP contribution in [0.2, 0.25) is 10.0 Å². The molecule has 0 saturated heterocycles. The Hall–Kier alpha value is -0.280. The Labute approximate surface area is 132 Å². The number of hydrogen-bond acceptors (Lipinski definition) is 2. The van der Waals surface area contributed by atoms with Gasteiger partial charge in [-0.3, -0.25) is 0 Å². The van der Waals surface area contributed by atoms with Crippen molar-refractivity contribution >= 4 is 23.2 Å². The third kappa shape index (κ3) is 6.01. The van der Waals surface area contributed by atoms with Gasteiger partial charge in [-0.05, 0) is 63.4 Å². The molecule has 0 aromatic heterocycles. The molecule has 0 spiro atoms. The summed E-state index contributed by atoms with van der Waals surface area (Å²) in [6.45, 7) is 7.36. The molecule has 1 unspecified atom stereocenters. The normalized spacial score (nSPS) is 13.5. The van der Waals surface area contributed by atoms with Crippen molar-refractivity contribution in [2.24, 2.45) is 0 Å². The van der Waals surface area contributed by atoms with Crippen molar-refractivity contribution in [3.05, 3.63) is 33.8 Å². The first-order valence-electron chi connectivity index (χ1n) is 7.10. The highest BCUT2D eigenvalue weighted by atomic mass is 35.5. The minimum atomic E-state index is -0.156. The fourth-order valence-corrected chi connectivity index (χ4v) is 2.60. The highest BCUT2D eigenvalue weighted by Crippen LogP contribution is 2.24. The van der Waals surface area contributed by atoms with Crippen molar-refractivity contribution in [1.82, 2.24) is 5.32 Å². The molecule has 0 aliphatic heterocycles. The second-order valence-electron chi connectivity index (χ2n) is 5.76. The van der Waals surface area contributed by atoms with Crippen LogP contribution in [0.25, 0.3) is 0 Å². The van der Waals surface area contributed by atoms with Gasteiger partial charge in [0.1, 0.15) is 0 Å². The summed E-state index contributed by atoms with van der Waals surface area (Å²) in [5, 5.41) is 5.07. The fourth-order valence-electron chi connectivity index (χ4n) is 2.21. The van der Waals surface area contributed by atoms with E-state index in [1.54, 1.807) is 7.11 Å². The maximum absolute atomic E-state index is 6.26. The van der Waals surface area contributed by atoms with E-state index in [0.29, 0.717) is 6.04 Å². The van der Waals surface area contributed by atoms with Gasteiger partial charge in [0.05, 0.1) is 5.60 Å². The van der Waals surface area contributed by atoms with Crippen molar-refractivity contribution < 1.29 is 4.74 Å². The third-order valence-corrected chi connectivity index (χ3v) is 4.05. The molecule has 0 aliphatic carbocycles. The van der Waals surface area contributed by atoms with Crippen molar-refractivity contribution in [1.29, 1.82) is 0 Å². The van der Waals surface area contributed by atoms with Crippen molar-refractivity contribution in [2.75, 3.05) is 13.7 Å². The Morgan fingerprint density at radius 1 is 1.30 bits per heavy atom. The topological polar surface area (TPSA) is 21.3 Å². The van der Waals surface area contributed by atoms with Crippen LogP contribution in [0, 0.1) is 0 Å². The van der Waals surface area contributed by atoms with E-state index in [-0.39, 0.29) is 5.60 Å². The van der Waals surface area contributed by atoms with Crippen LogP contribution in [0.1, 0.15) is 39.2 Å². The minimum absolute atomic E-state index is 0.156. The molecule has 4 heteroatoms. The molecule has 1 atom stereocenters. The van der Waals surface area contributed by atoms with Crippen LogP contribution in [-0.2, 0) is 11.2 Å². The number of rotatable bonds is 8. The van der Waals surface area contributed by atoms with E-state index in [1.165, 1.54) is 0 Å². The van der Waals surface area contributed by atoms with Crippen LogP contribution in [-0.4, -0.2) is 25.3 Å². The van der Waals surface area contributed by atoms with Gasteiger partial charge in [-0.25, -0.2) is 0 Å². The number of hydrogen-bond donors (Lipinski definition) is 1. The third-order valence-electron chi connectivity index (χ3n) is 3.45. The van der Waals surface area contributed by atoms with Gasteiger partial charge in [0, 0.05) is 23.2 Å². The minimum Gasteiger partial charge on any atom is -0.379 e. The Bertz CT molecular complexity index is 421. The molecular formula is C16H25Cl2NO. The highest BCUT2D eigenvalue weighted by molar-refractivity contribution is 6.33. The van der Waals surface area contributed by atoms with Gasteiger partial charge < -0.3 is 10.1 Å². The van der Waals surface area contributed by atoms with Crippen LogP contribution in [0.15, 0.2) is 18.2 Å². The van der Waals surface area contributed by atoms with Crippen molar-refractivity contribution in [3.8, 4) is 0 Å². The summed E-state index contributed by atoms with van der Waals surface area (Å²) >= 11 is 12.3. The smallest absolute Gasteiger partial charge is 0.0637 e. The number of methoxy groups -OCH3 is 1. The molecule has 2 nitrogen and oxygen atoms in total. The molecule has 0 radical (unpaired) electrons. The Morgan fingerprint density at radius 2 is 2.00 bits per heavy atom. The number of ether oxygens (including phenoxy) is 1. The lowest BCUT2D eigenvalue weighted by Gasteiger charge is -2.29. The first-order chi connectivity index (χ1) is 9.38. The molecule has 0 bridgehead atoms. The second kappa shape index (κ2) is 8.23. The molecule has 1 rings (SSSR count). The maximum atomic E-state index is 6.26. The summed E-state index contributed by atoms with van der Waals surface area (Å²) < 4.78 is 5.54. The molecule has 0 aliphatic rings. The zero-order valence-electron chi connectivity index (χ0n) is 12.8. The van der Waals surface area contributed by atoms with E-state index in [0.717, 1.165) is 41.4 Å². The predicted octanol–water partition coefficient (Wildman–Crippen LogP) is 4.72. The van der Waals surface area contributed by atoms with Crippen molar-refractivity contribution in [3.63, 3.8) is 0 Å². The molecule has 1 N–H and O–H groups in total. The van der Waals surface area contributed by atoms with E-state index in [2.05, 4.69) is 26.1 Å². The molecule has 1 aromatic carbocycles. The Morgan fingerprint density at radius 3 is 2.60 bits per heavy atom. The molecule has 20 heavy (non-hydrogen) atoms. The van der Waals surface area contributed by atoms with E-state index < -0.39 is 0 Å². The summed E-state index contributed by atoms with van der Waals surface area (Å²) in [7, 11) is 1.75. The largest absolute Gasteiger partial charge is 0.379 e. The van der Waals surface area contributed by atoms with Gasteiger partial charge in [-0.1, -0.05) is 30.1 Å². The molecule has 0 heterocycles. The van der Waals surface area contributed by atoms with Crippen LogP contribution in [0.4, 0.5) is 0 Å². The lowest BCUT2D eigenvalue weighted by atomic mass is 9.94. The average molecular weight is 318 g/mol. The average Bonchev–Trinajstić information content (AvgIpc) is 2.40. The first-order valence-corrected chi connectivity index (χ1v) is 7.86. The number of benzene rings is 1. The van der Waals surface area contributed by atoms with Gasteiger partial charge in [-0.15, -0.1) is 0 Å². The Balaban J connectivity index is 2.80. The highest BCUT2D eigenvalue weighted by Gasteiger charge is 2.23. The van der Waals surface area contributed by atoms with Gasteiger partial charge in [0.2, 0.25) is 0 Å². The van der Waals surface area contributed by atoms with E-state index in [4.69, 9.17) is 27.9 Å². The molecule has 0 fully saturated rings. The van der Waals surface area contributed by atoms with Gasteiger partial charge in [0.15, 0.2) is 0 Å². The lowest BCUT2D eigenvalue weighted by molar-refractivity contribution is 0.00714. The van der Waals surface area contributed by atoms with Crippen molar-refractivity contribution in [2.45, 2.75) is 51.7 Å². The molecular weight excluding hydrogens is 293 g/mol. The van der Waals surface area contributed by atoms with Gasteiger partial charge in [0.25, 0.3) is 0 Å². The zero-order chi connectivity index (χ0) is 15.2. The molecule has 0 amide bonds. The standard InChI is InChI=1S/C16H25Cl2NO/c1-5-8-19-14(11-16(2,3)20-4)10-12-9-13(17)6-7-15(12)18/h6-7,9,14,19H,5,8,10-11H2,1-4H3. The van der Waals surface area contributed by atoms with E-state index >= 15 is 0 Å². The van der Waals surface area contributed by atoms with E-state index in [9.17, 15) is 0 Å². The first kappa shape index (κ1) is 17.8. The lowest BCUT2D eigenvalue weighted by Crippen LogP contribution is -2.39. The maximum Gasteiger partial charge on any atom is 0.0637 e. The van der Waals surface area contributed by atoms with Crippen LogP contribution >= 0.6 is 23.2 Å². The number of halogens is 2. The molecule has 114 valence electrons. The fraction of sp³-hybridized carbons (Fsp3) is 0.625. The zero-order valence-corrected chi connectivity index (χ0v) is 14.3. The summed E-state index contributed by atoms with van der Waals surface area (Å²) in [6.07, 6.45) is 2.88. The molecule has 1 aromatic rings.